The van der Waals surface area contributed by atoms with Crippen molar-refractivity contribution >= 4 is 23.0 Å². The third kappa shape index (κ3) is 2.45. The van der Waals surface area contributed by atoms with Crippen molar-refractivity contribution in [2.24, 2.45) is 0 Å². The van der Waals surface area contributed by atoms with Crippen molar-refractivity contribution in [1.82, 2.24) is 0 Å². The molecule has 0 amide bonds. The van der Waals surface area contributed by atoms with Crippen LogP contribution < -0.4 is 15.5 Å². The minimum absolute atomic E-state index is 0.0283. The summed E-state index contributed by atoms with van der Waals surface area (Å²) in [5.41, 5.74) is 11.2. The monoisotopic (exact) mass is 345 g/mol. The second-order valence-corrected chi connectivity index (χ2v) is 6.00. The molecule has 0 radical (unpaired) electrons. The molecule has 1 aromatic heterocycles. The van der Waals surface area contributed by atoms with Crippen molar-refractivity contribution in [2.75, 3.05) is 12.8 Å². The molecule has 4 N–H and O–H groups in total. The van der Waals surface area contributed by atoms with Crippen molar-refractivity contribution in [3.05, 3.63) is 51.7 Å². The average Bonchev–Trinajstić information content (AvgIpc) is 2.86. The molecule has 128 valence electrons. The van der Waals surface area contributed by atoms with Gasteiger partial charge in [-0.1, -0.05) is 6.07 Å². The van der Waals surface area contributed by atoms with E-state index >= 15 is 0 Å². The van der Waals surface area contributed by atoms with Gasteiger partial charge in [0.05, 0.1) is 7.11 Å². The molecule has 3 rings (SSSR count). The number of nitrogens with zero attached hydrogens (tertiary/aromatic N) is 2. The Kier molecular flexibility index (Phi) is 4.11. The molecule has 0 spiro atoms. The molecule has 0 unspecified atom stereocenters. The van der Waals surface area contributed by atoms with Gasteiger partial charge in [-0.05, 0) is 54.3 Å². The largest absolute Gasteiger partial charge is 0.504 e. The predicted octanol–water partition coefficient (Wildman–Crippen LogP) is 2.83. The maximum Gasteiger partial charge on any atom is 0.289 e. The van der Waals surface area contributed by atoms with Gasteiger partial charge in [0.15, 0.2) is 17.2 Å². The number of aromatic amines is 1. The molecule has 6 nitrogen and oxygen atoms in total. The normalized spacial score (nSPS) is 14.1. The van der Waals surface area contributed by atoms with Crippen molar-refractivity contribution in [3.8, 4) is 23.6 Å². The van der Waals surface area contributed by atoms with Gasteiger partial charge in [-0.2, -0.15) is 10.5 Å². The molecule has 0 saturated carbocycles. The summed E-state index contributed by atoms with van der Waals surface area (Å²) in [6.07, 6.45) is 1.87. The van der Waals surface area contributed by atoms with Crippen molar-refractivity contribution in [3.63, 3.8) is 0 Å². The summed E-state index contributed by atoms with van der Waals surface area (Å²) in [4.78, 5) is 2.99. The lowest BCUT2D eigenvalue weighted by molar-refractivity contribution is -0.364. The number of nitriles is 2. The number of benzene rings is 1. The number of nitrogen functional groups attached to an aromatic ring is 1. The van der Waals surface area contributed by atoms with Crippen molar-refractivity contribution in [2.45, 2.75) is 13.8 Å². The maximum absolute atomic E-state index is 10.0. The highest BCUT2D eigenvalue weighted by Crippen LogP contribution is 2.43. The first-order chi connectivity index (χ1) is 12.4. The average molecular weight is 345 g/mol. The molecule has 1 aromatic carbocycles. The Morgan fingerprint density at radius 3 is 2.54 bits per heavy atom. The number of ether oxygens (including phenoxy) is 1. The number of pyridine rings is 1. The molecule has 1 aliphatic carbocycles. The second-order valence-electron chi connectivity index (χ2n) is 6.00. The van der Waals surface area contributed by atoms with Crippen LogP contribution in [0.4, 0.5) is 5.82 Å². The lowest BCUT2D eigenvalue weighted by Gasteiger charge is -2.09. The molecular formula is C20H17N4O2+. The van der Waals surface area contributed by atoms with Gasteiger partial charge >= 0.3 is 0 Å². The van der Waals surface area contributed by atoms with Gasteiger partial charge in [-0.15, -0.1) is 0 Å². The summed E-state index contributed by atoms with van der Waals surface area (Å²) in [5.74, 6) is 0.654. The lowest BCUT2D eigenvalue weighted by atomic mass is 9.95. The van der Waals surface area contributed by atoms with Crippen LogP contribution in [-0.4, -0.2) is 12.2 Å². The molecule has 0 saturated heterocycles. The van der Waals surface area contributed by atoms with E-state index in [1.807, 2.05) is 26.0 Å². The van der Waals surface area contributed by atoms with Crippen molar-refractivity contribution < 1.29 is 14.8 Å². The molecule has 0 fully saturated rings. The summed E-state index contributed by atoms with van der Waals surface area (Å²) in [6.45, 7) is 3.66. The topological polar surface area (TPSA) is 117 Å². The minimum atomic E-state index is 0.0283. The van der Waals surface area contributed by atoms with Crippen LogP contribution in [0, 0.1) is 29.6 Å². The van der Waals surface area contributed by atoms with Crippen LogP contribution in [0.15, 0.2) is 23.8 Å². The number of anilines is 1. The first-order valence-electron chi connectivity index (χ1n) is 7.89. The highest BCUT2D eigenvalue weighted by molar-refractivity contribution is 6.07. The standard InChI is InChI=1S/C20H16N4O2/c1-10-13(6-12-4-5-17(26-3)16(25)7-12)18-11(2)15(9-22)20(23)24-19(18)14(10)8-21/h4-7,25H,1-3H3,(H2,23,24)/p+1/b13-6+. The van der Waals surface area contributed by atoms with E-state index in [-0.39, 0.29) is 11.6 Å². The Morgan fingerprint density at radius 2 is 1.96 bits per heavy atom. The van der Waals surface area contributed by atoms with Gasteiger partial charge in [0.2, 0.25) is 0 Å². The van der Waals surface area contributed by atoms with E-state index < -0.39 is 0 Å². The van der Waals surface area contributed by atoms with E-state index in [0.29, 0.717) is 28.1 Å². The molecule has 2 aromatic rings. The quantitative estimate of drug-likeness (QED) is 0.868. The molecule has 0 bridgehead atoms. The fourth-order valence-electron chi connectivity index (χ4n) is 3.24. The number of fused-ring (bicyclic) bond motifs is 1. The molecule has 0 aliphatic heterocycles. The first-order valence-corrected chi connectivity index (χ1v) is 7.89. The summed E-state index contributed by atoms with van der Waals surface area (Å²) in [6, 6.07) is 9.38. The Hall–Kier alpha value is -3.77. The predicted molar refractivity (Wildman–Crippen MR) is 97.6 cm³/mol. The number of phenolic OH excluding ortho intramolecular Hbond substituents is 1. The van der Waals surface area contributed by atoms with E-state index in [2.05, 4.69) is 17.1 Å². The molecule has 6 heteroatoms. The van der Waals surface area contributed by atoms with Crippen LogP contribution in [-0.2, 0) is 0 Å². The summed E-state index contributed by atoms with van der Waals surface area (Å²) < 4.78 is 5.07. The second kappa shape index (κ2) is 6.27. The van der Waals surface area contributed by atoms with Crippen LogP contribution in [0.25, 0.3) is 17.2 Å². The fraction of sp³-hybridized carbons (Fsp3) is 0.150. The zero-order valence-electron chi connectivity index (χ0n) is 14.6. The molecule has 0 atom stereocenters. The van der Waals surface area contributed by atoms with Crippen molar-refractivity contribution in [1.29, 1.82) is 10.5 Å². The summed E-state index contributed by atoms with van der Waals surface area (Å²) in [7, 11) is 1.49. The zero-order chi connectivity index (χ0) is 19.0. The van der Waals surface area contributed by atoms with Gasteiger partial charge in [-0.3, -0.25) is 5.73 Å². The highest BCUT2D eigenvalue weighted by Gasteiger charge is 2.32. The summed E-state index contributed by atoms with van der Waals surface area (Å²) >= 11 is 0. The highest BCUT2D eigenvalue weighted by atomic mass is 16.5. The number of phenols is 1. The maximum atomic E-state index is 10.0. The van der Waals surface area contributed by atoms with Crippen LogP contribution in [0.2, 0.25) is 0 Å². The third-order valence-electron chi connectivity index (χ3n) is 4.56. The molecule has 1 heterocycles. The lowest BCUT2D eigenvalue weighted by Crippen LogP contribution is -2.20. The fourth-order valence-corrected chi connectivity index (χ4v) is 3.24. The molecular weight excluding hydrogens is 328 g/mol. The van der Waals surface area contributed by atoms with E-state index in [0.717, 1.165) is 22.3 Å². The first kappa shape index (κ1) is 17.1. The number of rotatable bonds is 2. The van der Waals surface area contributed by atoms with E-state index in [9.17, 15) is 15.6 Å². The van der Waals surface area contributed by atoms with Crippen LogP contribution >= 0.6 is 0 Å². The van der Waals surface area contributed by atoms with E-state index in [1.54, 1.807) is 12.1 Å². The SMILES string of the molecule is COc1ccc(/C=C2\C(C)=C(C#N)c3[nH+]c(N)c(C#N)c(C)c32)cc1O. The molecule has 26 heavy (non-hydrogen) atoms. The minimum Gasteiger partial charge on any atom is -0.504 e. The third-order valence-corrected chi connectivity index (χ3v) is 4.56. The number of allylic oxidation sites excluding steroid dienone is 3. The number of methoxy groups -OCH3 is 1. The van der Waals surface area contributed by atoms with Gasteiger partial charge in [0.1, 0.15) is 23.3 Å². The van der Waals surface area contributed by atoms with Gasteiger partial charge in [0, 0.05) is 5.56 Å². The number of H-pyrrole nitrogens is 1. The van der Waals surface area contributed by atoms with Crippen LogP contribution in [0.3, 0.4) is 0 Å². The van der Waals surface area contributed by atoms with E-state index in [1.165, 1.54) is 7.11 Å². The molecule has 1 aliphatic rings. The van der Waals surface area contributed by atoms with Gasteiger partial charge < -0.3 is 9.84 Å². The number of nitrogens with one attached hydrogen (secondary N) is 1. The van der Waals surface area contributed by atoms with Gasteiger partial charge in [-0.25, -0.2) is 4.98 Å². The number of nitrogens with two attached hydrogens (primary N) is 1. The van der Waals surface area contributed by atoms with Crippen LogP contribution in [0.5, 0.6) is 11.5 Å². The zero-order valence-corrected chi connectivity index (χ0v) is 14.6. The number of hydrogen-bond acceptors (Lipinski definition) is 5. The van der Waals surface area contributed by atoms with Crippen LogP contribution in [0.1, 0.15) is 34.9 Å². The Labute approximate surface area is 151 Å². The van der Waals surface area contributed by atoms with E-state index in [4.69, 9.17) is 10.5 Å². The number of aromatic hydroxyl groups is 1. The van der Waals surface area contributed by atoms with Gasteiger partial charge in [0.25, 0.3) is 5.82 Å². The smallest absolute Gasteiger partial charge is 0.289 e. The number of aromatic nitrogens is 1. The Bertz CT molecular complexity index is 1080. The summed E-state index contributed by atoms with van der Waals surface area (Å²) in [5, 5.41) is 29.0. The number of hydrogen-bond donors (Lipinski definition) is 2. The Balaban J connectivity index is 2.28. The Morgan fingerprint density at radius 1 is 1.23 bits per heavy atom.